The summed E-state index contributed by atoms with van der Waals surface area (Å²) >= 11 is 13.4. The largest absolute Gasteiger partial charge is 0.490 e. The number of aromatic amines is 1. The van der Waals surface area contributed by atoms with Gasteiger partial charge in [-0.3, -0.25) is 4.79 Å². The normalized spacial score (nSPS) is 11.1. The highest BCUT2D eigenvalue weighted by atomic mass is 79.9. The van der Waals surface area contributed by atoms with Crippen LogP contribution in [0.3, 0.4) is 0 Å². The SMILES string of the molecule is CCOc1ccc(C(=O)Oc2c(Br)cc(Br)cc2C=NNC(=O)c2[nH]c3c(Cl)cccc3c2-c2ccccc2)cc1OCC. The van der Waals surface area contributed by atoms with Crippen LogP contribution in [0.15, 0.2) is 92.9 Å². The first kappa shape index (κ1) is 31.3. The molecule has 0 fully saturated rings. The van der Waals surface area contributed by atoms with Gasteiger partial charge in [0, 0.05) is 21.0 Å². The fourth-order valence-electron chi connectivity index (χ4n) is 4.59. The van der Waals surface area contributed by atoms with Gasteiger partial charge in [0.25, 0.3) is 5.91 Å². The molecule has 1 aromatic heterocycles. The van der Waals surface area contributed by atoms with E-state index in [0.29, 0.717) is 61.0 Å². The number of hydrazone groups is 1. The Morgan fingerprint density at radius 3 is 2.43 bits per heavy atom. The molecular weight excluding hydrogens is 714 g/mol. The Labute approximate surface area is 275 Å². The molecule has 11 heteroatoms. The molecule has 0 radical (unpaired) electrons. The molecule has 4 aromatic carbocycles. The lowest BCUT2D eigenvalue weighted by molar-refractivity contribution is 0.0732. The second kappa shape index (κ2) is 14.1. The summed E-state index contributed by atoms with van der Waals surface area (Å²) in [6, 6.07) is 23.4. The summed E-state index contributed by atoms with van der Waals surface area (Å²) in [6.07, 6.45) is 1.40. The molecule has 2 N–H and O–H groups in total. The number of ether oxygens (including phenoxy) is 3. The van der Waals surface area contributed by atoms with Crippen LogP contribution >= 0.6 is 43.5 Å². The number of nitrogens with zero attached hydrogens (tertiary/aromatic N) is 1. The number of rotatable bonds is 10. The number of nitrogens with one attached hydrogen (secondary N) is 2. The third kappa shape index (κ3) is 6.83. The molecule has 0 aliphatic rings. The number of benzene rings is 4. The van der Waals surface area contributed by atoms with Crippen molar-refractivity contribution in [3.8, 4) is 28.4 Å². The minimum absolute atomic E-state index is 0.213. The third-order valence-electron chi connectivity index (χ3n) is 6.45. The Bertz CT molecular complexity index is 1880. The zero-order valence-corrected chi connectivity index (χ0v) is 27.5. The van der Waals surface area contributed by atoms with E-state index >= 15 is 0 Å². The topological polar surface area (TPSA) is 102 Å². The number of H-pyrrole nitrogens is 1. The molecule has 0 atom stereocenters. The molecule has 0 spiro atoms. The number of hydrogen-bond donors (Lipinski definition) is 2. The fourth-order valence-corrected chi connectivity index (χ4v) is 6.15. The van der Waals surface area contributed by atoms with E-state index in [9.17, 15) is 9.59 Å². The van der Waals surface area contributed by atoms with Crippen LogP contribution in [0.25, 0.3) is 22.0 Å². The van der Waals surface area contributed by atoms with Gasteiger partial charge in [-0.1, -0.05) is 70.0 Å². The lowest BCUT2D eigenvalue weighted by atomic mass is 10.0. The number of fused-ring (bicyclic) bond motifs is 1. The van der Waals surface area contributed by atoms with Crippen LogP contribution in [0.4, 0.5) is 0 Å². The van der Waals surface area contributed by atoms with Crippen LogP contribution in [0, 0.1) is 0 Å². The minimum Gasteiger partial charge on any atom is -0.490 e. The number of carbonyl (C=O) groups excluding carboxylic acids is 2. The highest BCUT2D eigenvalue weighted by Crippen LogP contribution is 2.36. The van der Waals surface area contributed by atoms with E-state index in [0.717, 1.165) is 10.9 Å². The van der Waals surface area contributed by atoms with E-state index in [1.54, 1.807) is 36.4 Å². The molecule has 0 unspecified atom stereocenters. The predicted octanol–water partition coefficient (Wildman–Crippen LogP) is 8.79. The number of carbonyl (C=O) groups is 2. The van der Waals surface area contributed by atoms with Crippen molar-refractivity contribution in [1.82, 2.24) is 10.4 Å². The zero-order chi connectivity index (χ0) is 31.2. The van der Waals surface area contributed by atoms with Crippen molar-refractivity contribution >= 4 is 72.5 Å². The fraction of sp³-hybridized carbons (Fsp3) is 0.121. The van der Waals surface area contributed by atoms with E-state index in [1.165, 1.54) is 6.21 Å². The summed E-state index contributed by atoms with van der Waals surface area (Å²) in [7, 11) is 0. The summed E-state index contributed by atoms with van der Waals surface area (Å²) in [5.41, 5.74) is 5.79. The van der Waals surface area contributed by atoms with Gasteiger partial charge in [-0.25, -0.2) is 10.2 Å². The maximum atomic E-state index is 13.4. The van der Waals surface area contributed by atoms with Gasteiger partial charge < -0.3 is 19.2 Å². The Kier molecular flexibility index (Phi) is 10.0. The maximum absolute atomic E-state index is 13.4. The number of para-hydroxylation sites is 1. The molecule has 44 heavy (non-hydrogen) atoms. The molecule has 0 saturated heterocycles. The van der Waals surface area contributed by atoms with Gasteiger partial charge in [-0.2, -0.15) is 5.10 Å². The minimum atomic E-state index is -0.613. The zero-order valence-electron chi connectivity index (χ0n) is 23.6. The lowest BCUT2D eigenvalue weighted by Gasteiger charge is -2.13. The van der Waals surface area contributed by atoms with Gasteiger partial charge in [-0.15, -0.1) is 0 Å². The Morgan fingerprint density at radius 2 is 1.68 bits per heavy atom. The molecule has 8 nitrogen and oxygen atoms in total. The molecule has 0 aliphatic carbocycles. The molecule has 0 aliphatic heterocycles. The van der Waals surface area contributed by atoms with Gasteiger partial charge in [0.05, 0.1) is 40.0 Å². The first-order valence-electron chi connectivity index (χ1n) is 13.6. The van der Waals surface area contributed by atoms with Crippen LogP contribution < -0.4 is 19.6 Å². The van der Waals surface area contributed by atoms with Gasteiger partial charge >= 0.3 is 5.97 Å². The van der Waals surface area contributed by atoms with Crippen molar-refractivity contribution in [1.29, 1.82) is 0 Å². The van der Waals surface area contributed by atoms with E-state index in [-0.39, 0.29) is 11.3 Å². The average molecular weight is 740 g/mol. The Balaban J connectivity index is 1.42. The smallest absolute Gasteiger partial charge is 0.343 e. The summed E-state index contributed by atoms with van der Waals surface area (Å²) in [5, 5.41) is 5.50. The van der Waals surface area contributed by atoms with Gasteiger partial charge in [0.2, 0.25) is 0 Å². The number of esters is 1. The van der Waals surface area contributed by atoms with E-state index < -0.39 is 11.9 Å². The van der Waals surface area contributed by atoms with Crippen molar-refractivity contribution < 1.29 is 23.8 Å². The molecule has 1 heterocycles. The first-order valence-corrected chi connectivity index (χ1v) is 15.6. The van der Waals surface area contributed by atoms with E-state index in [1.807, 2.05) is 56.3 Å². The second-order valence-electron chi connectivity index (χ2n) is 9.33. The first-order chi connectivity index (χ1) is 21.3. The summed E-state index contributed by atoms with van der Waals surface area (Å²) in [6.45, 7) is 4.57. The van der Waals surface area contributed by atoms with E-state index in [2.05, 4.69) is 47.4 Å². The van der Waals surface area contributed by atoms with Crippen molar-refractivity contribution in [3.63, 3.8) is 0 Å². The molecule has 5 aromatic rings. The van der Waals surface area contributed by atoms with Crippen LogP contribution in [0.1, 0.15) is 40.3 Å². The monoisotopic (exact) mass is 737 g/mol. The Morgan fingerprint density at radius 1 is 0.932 bits per heavy atom. The molecule has 0 bridgehead atoms. The van der Waals surface area contributed by atoms with Gasteiger partial charge in [0.1, 0.15) is 5.69 Å². The molecule has 0 saturated carbocycles. The number of halogens is 3. The quantitative estimate of drug-likeness (QED) is 0.0646. The summed E-state index contributed by atoms with van der Waals surface area (Å²) < 4.78 is 18.2. The maximum Gasteiger partial charge on any atom is 0.343 e. The lowest BCUT2D eigenvalue weighted by Crippen LogP contribution is -2.19. The molecule has 1 amide bonds. The summed E-state index contributed by atoms with van der Waals surface area (Å²) in [4.78, 5) is 29.8. The highest BCUT2D eigenvalue weighted by Gasteiger charge is 2.21. The van der Waals surface area contributed by atoms with Crippen LogP contribution in [0.5, 0.6) is 17.2 Å². The van der Waals surface area contributed by atoms with Crippen LogP contribution in [-0.2, 0) is 0 Å². The second-order valence-corrected chi connectivity index (χ2v) is 11.5. The third-order valence-corrected chi connectivity index (χ3v) is 7.82. The number of amides is 1. The number of aromatic nitrogens is 1. The van der Waals surface area contributed by atoms with Crippen LogP contribution in [-0.4, -0.2) is 36.3 Å². The van der Waals surface area contributed by atoms with Gasteiger partial charge in [-0.05, 0) is 71.7 Å². The Hall–Kier alpha value is -4.12. The van der Waals surface area contributed by atoms with E-state index in [4.69, 9.17) is 25.8 Å². The standard InChI is InChI=1S/C33H26Br2ClN3O5/c1-3-42-26-14-13-20(16-27(26)43-4-2)33(41)44-31-21(15-22(34)17-24(31)35)18-37-39-32(40)30-28(19-9-6-5-7-10-19)23-11-8-12-25(36)29(23)38-30/h5-18,38H,3-4H2,1-2H3,(H,39,40). The van der Waals surface area contributed by atoms with Crippen LogP contribution in [0.2, 0.25) is 5.02 Å². The average Bonchev–Trinajstić information content (AvgIpc) is 3.41. The summed E-state index contributed by atoms with van der Waals surface area (Å²) in [5.74, 6) is 0.102. The molecule has 224 valence electrons. The molecular formula is C33H26Br2ClN3O5. The van der Waals surface area contributed by atoms with Crippen molar-refractivity contribution in [2.24, 2.45) is 5.10 Å². The van der Waals surface area contributed by atoms with Gasteiger partial charge in [0.15, 0.2) is 17.2 Å². The van der Waals surface area contributed by atoms with Crippen molar-refractivity contribution in [2.45, 2.75) is 13.8 Å². The number of hydrogen-bond acceptors (Lipinski definition) is 6. The highest BCUT2D eigenvalue weighted by molar-refractivity contribution is 9.11. The van der Waals surface area contributed by atoms with Crippen molar-refractivity contribution in [2.75, 3.05) is 13.2 Å². The van der Waals surface area contributed by atoms with Crippen molar-refractivity contribution in [3.05, 3.63) is 110 Å². The predicted molar refractivity (Wildman–Crippen MR) is 179 cm³/mol. The molecule has 5 rings (SSSR count).